The Bertz CT molecular complexity index is 1420. The van der Waals surface area contributed by atoms with E-state index in [1.807, 2.05) is 29.2 Å². The average molecular weight is 531 g/mol. The fraction of sp³-hybridized carbons (Fsp3) is 0.185. The van der Waals surface area contributed by atoms with E-state index in [1.165, 1.54) is 11.3 Å². The van der Waals surface area contributed by atoms with E-state index in [2.05, 4.69) is 20.9 Å². The van der Waals surface area contributed by atoms with Crippen LogP contribution in [0.1, 0.15) is 31.3 Å². The molecule has 1 aliphatic rings. The maximum Gasteiger partial charge on any atom is 0.264 e. The fourth-order valence-electron chi connectivity index (χ4n) is 4.26. The number of hydrogen-bond donors (Lipinski definition) is 1. The molecule has 0 aliphatic carbocycles. The lowest BCUT2D eigenvalue weighted by Gasteiger charge is -2.36. The van der Waals surface area contributed by atoms with Gasteiger partial charge in [0.2, 0.25) is 0 Å². The Hall–Kier alpha value is -4.13. The van der Waals surface area contributed by atoms with Gasteiger partial charge in [0.1, 0.15) is 0 Å². The van der Waals surface area contributed by atoms with Gasteiger partial charge in [-0.15, -0.1) is 11.3 Å². The number of aromatic amines is 1. The SMILES string of the molecule is N#Cc1ccc(C(=O)N(Cc2cnc[nH]2)c2ccc(N3CCN(C(=O)c4ccc(Cl)s4)CC3)cc2)cc1. The van der Waals surface area contributed by atoms with E-state index in [0.29, 0.717) is 53.1 Å². The summed E-state index contributed by atoms with van der Waals surface area (Å²) in [6.07, 6.45) is 3.28. The summed E-state index contributed by atoms with van der Waals surface area (Å²) in [5.41, 5.74) is 3.58. The number of benzene rings is 2. The Kier molecular flexibility index (Phi) is 7.21. The highest BCUT2D eigenvalue weighted by Gasteiger charge is 2.24. The molecule has 3 heterocycles. The van der Waals surface area contributed by atoms with E-state index < -0.39 is 0 Å². The molecule has 2 amide bonds. The van der Waals surface area contributed by atoms with Crippen molar-refractivity contribution in [1.29, 1.82) is 5.26 Å². The molecule has 37 heavy (non-hydrogen) atoms. The molecular formula is C27H23ClN6O2S. The van der Waals surface area contributed by atoms with Crippen LogP contribution in [0.25, 0.3) is 0 Å². The van der Waals surface area contributed by atoms with Gasteiger partial charge in [-0.25, -0.2) is 4.98 Å². The summed E-state index contributed by atoms with van der Waals surface area (Å²) in [5.74, 6) is -0.157. The zero-order valence-corrected chi connectivity index (χ0v) is 21.4. The van der Waals surface area contributed by atoms with Crippen molar-refractivity contribution in [1.82, 2.24) is 14.9 Å². The Morgan fingerprint density at radius 1 is 1.03 bits per heavy atom. The average Bonchev–Trinajstić information content (AvgIpc) is 3.63. The summed E-state index contributed by atoms with van der Waals surface area (Å²) in [4.78, 5) is 39.7. The van der Waals surface area contributed by atoms with Crippen LogP contribution in [-0.2, 0) is 6.54 Å². The lowest BCUT2D eigenvalue weighted by molar-refractivity contribution is 0.0751. The van der Waals surface area contributed by atoms with Crippen LogP contribution in [0.3, 0.4) is 0 Å². The number of imidazole rings is 1. The van der Waals surface area contributed by atoms with E-state index >= 15 is 0 Å². The molecule has 0 spiro atoms. The van der Waals surface area contributed by atoms with Crippen LogP contribution >= 0.6 is 22.9 Å². The molecule has 186 valence electrons. The third kappa shape index (κ3) is 5.50. The Balaban J connectivity index is 1.29. The van der Waals surface area contributed by atoms with Crippen LogP contribution in [0.5, 0.6) is 0 Å². The van der Waals surface area contributed by atoms with E-state index in [1.54, 1.807) is 53.8 Å². The van der Waals surface area contributed by atoms with Gasteiger partial charge in [0, 0.05) is 49.3 Å². The van der Waals surface area contributed by atoms with Crippen molar-refractivity contribution < 1.29 is 9.59 Å². The third-order valence-corrected chi connectivity index (χ3v) is 7.49. The van der Waals surface area contributed by atoms with Crippen LogP contribution in [0.4, 0.5) is 11.4 Å². The quantitative estimate of drug-likeness (QED) is 0.386. The number of aromatic nitrogens is 2. The maximum atomic E-state index is 13.4. The Morgan fingerprint density at radius 2 is 1.76 bits per heavy atom. The van der Waals surface area contributed by atoms with Gasteiger partial charge in [-0.3, -0.25) is 9.59 Å². The number of hydrogen-bond acceptors (Lipinski definition) is 6. The number of halogens is 1. The molecule has 0 bridgehead atoms. The highest BCUT2D eigenvalue weighted by atomic mass is 35.5. The number of nitrogens with zero attached hydrogens (tertiary/aromatic N) is 5. The second-order valence-electron chi connectivity index (χ2n) is 8.56. The molecule has 1 aliphatic heterocycles. The highest BCUT2D eigenvalue weighted by Crippen LogP contribution is 2.26. The predicted molar refractivity (Wildman–Crippen MR) is 144 cm³/mol. The molecule has 2 aromatic heterocycles. The van der Waals surface area contributed by atoms with E-state index in [4.69, 9.17) is 16.9 Å². The summed E-state index contributed by atoms with van der Waals surface area (Å²) in [6, 6.07) is 20.1. The van der Waals surface area contributed by atoms with Crippen LogP contribution in [0, 0.1) is 11.3 Å². The smallest absolute Gasteiger partial charge is 0.264 e. The number of nitrogens with one attached hydrogen (secondary N) is 1. The highest BCUT2D eigenvalue weighted by molar-refractivity contribution is 7.17. The van der Waals surface area contributed by atoms with Gasteiger partial charge < -0.3 is 19.7 Å². The molecule has 0 unspecified atom stereocenters. The van der Waals surface area contributed by atoms with Gasteiger partial charge in [0.25, 0.3) is 11.8 Å². The molecule has 4 aromatic rings. The maximum absolute atomic E-state index is 13.4. The Labute approximate surface area is 223 Å². The lowest BCUT2D eigenvalue weighted by Crippen LogP contribution is -2.48. The van der Waals surface area contributed by atoms with Gasteiger partial charge >= 0.3 is 0 Å². The van der Waals surface area contributed by atoms with Crippen molar-refractivity contribution in [2.75, 3.05) is 36.0 Å². The lowest BCUT2D eigenvalue weighted by atomic mass is 10.1. The number of amides is 2. The molecule has 5 rings (SSSR count). The minimum absolute atomic E-state index is 0.0164. The van der Waals surface area contributed by atoms with Crippen molar-refractivity contribution in [2.45, 2.75) is 6.54 Å². The second-order valence-corrected chi connectivity index (χ2v) is 10.3. The van der Waals surface area contributed by atoms with Crippen LogP contribution in [0.15, 0.2) is 73.2 Å². The molecule has 1 saturated heterocycles. The molecule has 10 heteroatoms. The summed E-state index contributed by atoms with van der Waals surface area (Å²) in [7, 11) is 0. The predicted octanol–water partition coefficient (Wildman–Crippen LogP) is 4.81. The summed E-state index contributed by atoms with van der Waals surface area (Å²) >= 11 is 7.29. The molecule has 1 N–H and O–H groups in total. The topological polar surface area (TPSA) is 96.3 Å². The van der Waals surface area contributed by atoms with E-state index in [9.17, 15) is 9.59 Å². The zero-order valence-electron chi connectivity index (χ0n) is 19.8. The fourth-order valence-corrected chi connectivity index (χ4v) is 5.27. The van der Waals surface area contributed by atoms with Crippen molar-refractivity contribution in [3.63, 3.8) is 0 Å². The molecule has 2 aromatic carbocycles. The van der Waals surface area contributed by atoms with Crippen molar-refractivity contribution in [3.05, 3.63) is 99.2 Å². The number of rotatable bonds is 6. The van der Waals surface area contributed by atoms with E-state index in [-0.39, 0.29) is 11.8 Å². The number of piperazine rings is 1. The second kappa shape index (κ2) is 10.9. The van der Waals surface area contributed by atoms with Gasteiger partial charge in [-0.1, -0.05) is 11.6 Å². The number of thiophene rings is 1. The summed E-state index contributed by atoms with van der Waals surface area (Å²) in [5, 5.41) is 9.07. The standard InChI is InChI=1S/C27H23ClN6O2S/c28-25-10-9-24(37-25)27(36)33-13-11-32(12-14-33)22-5-7-23(8-6-22)34(17-21-16-30-18-31-21)26(35)20-3-1-19(15-29)2-4-20/h1-10,16,18H,11-14,17H2,(H,30,31). The molecule has 8 nitrogen and oxygen atoms in total. The van der Waals surface area contributed by atoms with Crippen LogP contribution in [0.2, 0.25) is 4.34 Å². The number of carbonyl (C=O) groups excluding carboxylic acids is 2. The van der Waals surface area contributed by atoms with Crippen molar-refractivity contribution in [3.8, 4) is 6.07 Å². The summed E-state index contributed by atoms with van der Waals surface area (Å²) < 4.78 is 0.612. The number of anilines is 2. The first-order valence-corrected chi connectivity index (χ1v) is 12.9. The Morgan fingerprint density at radius 3 is 2.35 bits per heavy atom. The van der Waals surface area contributed by atoms with Gasteiger partial charge in [-0.2, -0.15) is 5.26 Å². The number of carbonyl (C=O) groups is 2. The first kappa shape index (κ1) is 24.6. The van der Waals surface area contributed by atoms with Gasteiger partial charge in [-0.05, 0) is 60.7 Å². The first-order chi connectivity index (χ1) is 18.0. The molecule has 1 fully saturated rings. The normalized spacial score (nSPS) is 13.3. The first-order valence-electron chi connectivity index (χ1n) is 11.7. The van der Waals surface area contributed by atoms with Gasteiger partial charge in [0.15, 0.2) is 0 Å². The van der Waals surface area contributed by atoms with Crippen LogP contribution in [-0.4, -0.2) is 52.9 Å². The zero-order chi connectivity index (χ0) is 25.8. The van der Waals surface area contributed by atoms with E-state index in [0.717, 1.165) is 17.1 Å². The molecular weight excluding hydrogens is 508 g/mol. The number of nitriles is 1. The monoisotopic (exact) mass is 530 g/mol. The van der Waals surface area contributed by atoms with Crippen LogP contribution < -0.4 is 9.80 Å². The minimum atomic E-state index is -0.173. The largest absolute Gasteiger partial charge is 0.368 e. The molecule has 0 saturated carbocycles. The third-order valence-electron chi connectivity index (χ3n) is 6.27. The van der Waals surface area contributed by atoms with Crippen molar-refractivity contribution in [2.24, 2.45) is 0 Å². The van der Waals surface area contributed by atoms with Crippen molar-refractivity contribution >= 4 is 46.1 Å². The minimum Gasteiger partial charge on any atom is -0.368 e. The molecule has 0 atom stereocenters. The number of H-pyrrole nitrogens is 1. The molecule has 0 radical (unpaired) electrons. The summed E-state index contributed by atoms with van der Waals surface area (Å²) in [6.45, 7) is 3.00. The van der Waals surface area contributed by atoms with Gasteiger partial charge in [0.05, 0.1) is 39.4 Å².